The molecular formula is C13H24N2S. The monoisotopic (exact) mass is 240 g/mol. The predicted molar refractivity (Wildman–Crippen MR) is 72.6 cm³/mol. The van der Waals surface area contributed by atoms with Crippen molar-refractivity contribution < 1.29 is 0 Å². The van der Waals surface area contributed by atoms with Crippen LogP contribution in [-0.4, -0.2) is 28.5 Å². The SMILES string of the molecule is CCC1CCC(N2CCCC2C(N)=S)CC1. The number of nitrogens with two attached hydrogens (primary N) is 1. The van der Waals surface area contributed by atoms with Crippen LogP contribution in [0.25, 0.3) is 0 Å². The molecule has 1 atom stereocenters. The van der Waals surface area contributed by atoms with Gasteiger partial charge in [0.2, 0.25) is 0 Å². The summed E-state index contributed by atoms with van der Waals surface area (Å²) in [5, 5.41) is 0. The van der Waals surface area contributed by atoms with E-state index in [1.54, 1.807) is 0 Å². The molecular weight excluding hydrogens is 216 g/mol. The molecule has 2 nitrogen and oxygen atoms in total. The van der Waals surface area contributed by atoms with E-state index in [0.717, 1.165) is 16.9 Å². The Hall–Kier alpha value is -0.150. The highest BCUT2D eigenvalue weighted by Crippen LogP contribution is 2.33. The van der Waals surface area contributed by atoms with Crippen LogP contribution >= 0.6 is 12.2 Å². The van der Waals surface area contributed by atoms with E-state index in [-0.39, 0.29) is 0 Å². The number of rotatable bonds is 3. The molecule has 2 rings (SSSR count). The summed E-state index contributed by atoms with van der Waals surface area (Å²) in [6, 6.07) is 1.16. The number of hydrogen-bond donors (Lipinski definition) is 1. The van der Waals surface area contributed by atoms with Crippen LogP contribution < -0.4 is 5.73 Å². The molecule has 0 spiro atoms. The van der Waals surface area contributed by atoms with Crippen molar-refractivity contribution in [3.8, 4) is 0 Å². The summed E-state index contributed by atoms with van der Waals surface area (Å²) in [5.74, 6) is 0.974. The van der Waals surface area contributed by atoms with E-state index < -0.39 is 0 Å². The van der Waals surface area contributed by atoms with Crippen LogP contribution in [0.15, 0.2) is 0 Å². The van der Waals surface area contributed by atoms with Gasteiger partial charge in [0, 0.05) is 6.04 Å². The zero-order chi connectivity index (χ0) is 11.5. The van der Waals surface area contributed by atoms with E-state index in [0.29, 0.717) is 6.04 Å². The van der Waals surface area contributed by atoms with Crippen LogP contribution in [0.4, 0.5) is 0 Å². The zero-order valence-electron chi connectivity index (χ0n) is 10.3. The van der Waals surface area contributed by atoms with Crippen LogP contribution in [0, 0.1) is 5.92 Å². The number of nitrogens with zero attached hydrogens (tertiary/aromatic N) is 1. The van der Waals surface area contributed by atoms with E-state index in [4.69, 9.17) is 18.0 Å². The first kappa shape index (κ1) is 12.3. The maximum absolute atomic E-state index is 5.84. The minimum Gasteiger partial charge on any atom is -0.392 e. The van der Waals surface area contributed by atoms with Gasteiger partial charge in [-0.2, -0.15) is 0 Å². The molecule has 1 aliphatic carbocycles. The van der Waals surface area contributed by atoms with Crippen molar-refractivity contribution in [2.45, 2.75) is 64.0 Å². The molecule has 92 valence electrons. The molecule has 1 aliphatic heterocycles. The lowest BCUT2D eigenvalue weighted by molar-refractivity contribution is 0.146. The molecule has 1 saturated carbocycles. The number of thiocarbonyl (C=S) groups is 1. The quantitative estimate of drug-likeness (QED) is 0.769. The summed E-state index contributed by atoms with van der Waals surface area (Å²) in [6.45, 7) is 3.53. The van der Waals surface area contributed by atoms with Gasteiger partial charge in [0.15, 0.2) is 0 Å². The van der Waals surface area contributed by atoms with Gasteiger partial charge in [-0.05, 0) is 51.0 Å². The molecule has 0 radical (unpaired) electrons. The van der Waals surface area contributed by atoms with Gasteiger partial charge >= 0.3 is 0 Å². The van der Waals surface area contributed by atoms with Gasteiger partial charge in [0.1, 0.15) is 0 Å². The van der Waals surface area contributed by atoms with E-state index in [2.05, 4.69) is 11.8 Å². The minimum atomic E-state index is 0.401. The Morgan fingerprint density at radius 3 is 2.50 bits per heavy atom. The molecule has 3 heteroatoms. The highest BCUT2D eigenvalue weighted by Gasteiger charge is 2.34. The summed E-state index contributed by atoms with van der Waals surface area (Å²) in [4.78, 5) is 3.31. The summed E-state index contributed by atoms with van der Waals surface area (Å²) in [6.07, 6.45) is 9.34. The predicted octanol–water partition coefficient (Wildman–Crippen LogP) is 2.71. The van der Waals surface area contributed by atoms with Gasteiger partial charge in [0.05, 0.1) is 11.0 Å². The summed E-state index contributed by atoms with van der Waals surface area (Å²) in [5.41, 5.74) is 5.84. The lowest BCUT2D eigenvalue weighted by atomic mass is 9.84. The van der Waals surface area contributed by atoms with Crippen molar-refractivity contribution in [2.24, 2.45) is 11.7 Å². The maximum Gasteiger partial charge on any atom is 0.0902 e. The van der Waals surface area contributed by atoms with Gasteiger partial charge < -0.3 is 5.73 Å². The van der Waals surface area contributed by atoms with Gasteiger partial charge in [-0.15, -0.1) is 0 Å². The van der Waals surface area contributed by atoms with Crippen LogP contribution in [0.5, 0.6) is 0 Å². The van der Waals surface area contributed by atoms with Crippen LogP contribution in [0.1, 0.15) is 51.9 Å². The molecule has 0 bridgehead atoms. The first-order valence-electron chi connectivity index (χ1n) is 6.77. The largest absolute Gasteiger partial charge is 0.392 e. The lowest BCUT2D eigenvalue weighted by Crippen LogP contribution is -2.46. The van der Waals surface area contributed by atoms with Gasteiger partial charge in [-0.1, -0.05) is 25.6 Å². The third kappa shape index (κ3) is 2.57. The molecule has 0 aromatic carbocycles. The van der Waals surface area contributed by atoms with Crippen molar-refractivity contribution in [3.05, 3.63) is 0 Å². The second-order valence-corrected chi connectivity index (χ2v) is 5.85. The zero-order valence-corrected chi connectivity index (χ0v) is 11.1. The lowest BCUT2D eigenvalue weighted by Gasteiger charge is -2.37. The molecule has 16 heavy (non-hydrogen) atoms. The standard InChI is InChI=1S/C13H24N2S/c1-2-10-5-7-11(8-6-10)15-9-3-4-12(15)13(14)16/h10-12H,2-9H2,1H3,(H2,14,16). The van der Waals surface area contributed by atoms with E-state index in [1.807, 2.05) is 0 Å². The normalized spacial score (nSPS) is 36.4. The Morgan fingerprint density at radius 1 is 1.25 bits per heavy atom. The van der Waals surface area contributed by atoms with Gasteiger partial charge in [-0.3, -0.25) is 4.90 Å². The van der Waals surface area contributed by atoms with Crippen molar-refractivity contribution in [2.75, 3.05) is 6.54 Å². The van der Waals surface area contributed by atoms with Crippen molar-refractivity contribution in [1.29, 1.82) is 0 Å². The fraction of sp³-hybridized carbons (Fsp3) is 0.923. The topological polar surface area (TPSA) is 29.3 Å². The second kappa shape index (κ2) is 5.46. The Balaban J connectivity index is 1.90. The third-order valence-electron chi connectivity index (χ3n) is 4.49. The average Bonchev–Trinajstić information content (AvgIpc) is 2.78. The van der Waals surface area contributed by atoms with Crippen LogP contribution in [0.2, 0.25) is 0 Å². The fourth-order valence-electron chi connectivity index (χ4n) is 3.42. The molecule has 0 aromatic heterocycles. The summed E-state index contributed by atoms with van der Waals surface area (Å²) in [7, 11) is 0. The van der Waals surface area contributed by atoms with Crippen molar-refractivity contribution in [3.63, 3.8) is 0 Å². The molecule has 0 aromatic rings. The fourth-order valence-corrected chi connectivity index (χ4v) is 3.67. The van der Waals surface area contributed by atoms with E-state index >= 15 is 0 Å². The van der Waals surface area contributed by atoms with Gasteiger partial charge in [-0.25, -0.2) is 0 Å². The molecule has 2 aliphatic rings. The highest BCUT2D eigenvalue weighted by molar-refractivity contribution is 7.80. The van der Waals surface area contributed by atoms with Crippen molar-refractivity contribution in [1.82, 2.24) is 4.90 Å². The Kier molecular flexibility index (Phi) is 4.20. The Bertz CT molecular complexity index is 246. The molecule has 1 heterocycles. The van der Waals surface area contributed by atoms with Gasteiger partial charge in [0.25, 0.3) is 0 Å². The molecule has 2 fully saturated rings. The van der Waals surface area contributed by atoms with E-state index in [1.165, 1.54) is 51.5 Å². The molecule has 1 saturated heterocycles. The first-order valence-corrected chi connectivity index (χ1v) is 7.18. The maximum atomic E-state index is 5.84. The average molecular weight is 240 g/mol. The molecule has 2 N–H and O–H groups in total. The van der Waals surface area contributed by atoms with Crippen molar-refractivity contribution >= 4 is 17.2 Å². The van der Waals surface area contributed by atoms with Crippen LogP contribution in [0.3, 0.4) is 0 Å². The minimum absolute atomic E-state index is 0.401. The van der Waals surface area contributed by atoms with E-state index in [9.17, 15) is 0 Å². The number of hydrogen-bond acceptors (Lipinski definition) is 2. The molecule has 0 amide bonds. The highest BCUT2D eigenvalue weighted by atomic mass is 32.1. The summed E-state index contributed by atoms with van der Waals surface area (Å²) >= 11 is 5.18. The second-order valence-electron chi connectivity index (χ2n) is 5.38. The summed E-state index contributed by atoms with van der Waals surface area (Å²) < 4.78 is 0. The number of likely N-dealkylation sites (tertiary alicyclic amines) is 1. The van der Waals surface area contributed by atoms with Crippen LogP contribution in [-0.2, 0) is 0 Å². The third-order valence-corrected chi connectivity index (χ3v) is 4.76. The Labute approximate surface area is 105 Å². The Morgan fingerprint density at radius 2 is 1.94 bits per heavy atom. The molecule has 1 unspecified atom stereocenters. The first-order chi connectivity index (χ1) is 7.72. The smallest absolute Gasteiger partial charge is 0.0902 e.